The lowest BCUT2D eigenvalue weighted by Gasteiger charge is -2.19. The molecule has 1 aromatic heterocycles. The van der Waals surface area contributed by atoms with E-state index in [-0.39, 0.29) is 22.8 Å². The Kier molecular flexibility index (Phi) is 6.80. The number of ether oxygens (including phenoxy) is 1. The maximum absolute atomic E-state index is 13.4. The normalized spacial score (nSPS) is 11.8. The fourth-order valence-corrected chi connectivity index (χ4v) is 3.78. The van der Waals surface area contributed by atoms with Crippen LogP contribution in [-0.4, -0.2) is 12.0 Å². The van der Waals surface area contributed by atoms with E-state index >= 15 is 0 Å². The summed E-state index contributed by atoms with van der Waals surface area (Å²) in [4.78, 5) is 26.5. The first-order chi connectivity index (χ1) is 16.0. The molecular weight excluding hydrogens is 438 g/mol. The van der Waals surface area contributed by atoms with Crippen LogP contribution in [-0.2, 0) is 11.2 Å². The Hall–Kier alpha value is -3.57. The first kappa shape index (κ1) is 22.6. The maximum atomic E-state index is 13.4. The SMILES string of the molecule is CCc1ccccc1NC(=O)C(CC)Oc1c(-c2ccc(Cl)cc2)oc2ccccc2c1=O. The zero-order valence-corrected chi connectivity index (χ0v) is 19.2. The van der Waals surface area contributed by atoms with E-state index in [2.05, 4.69) is 5.32 Å². The molecule has 0 aliphatic rings. The molecule has 33 heavy (non-hydrogen) atoms. The molecular formula is C27H24ClNO4. The quantitative estimate of drug-likeness (QED) is 0.342. The molecule has 0 radical (unpaired) electrons. The Labute approximate surface area is 197 Å². The highest BCUT2D eigenvalue weighted by molar-refractivity contribution is 6.30. The Morgan fingerprint density at radius 3 is 2.42 bits per heavy atom. The molecule has 0 saturated heterocycles. The van der Waals surface area contributed by atoms with Crippen LogP contribution >= 0.6 is 11.6 Å². The second-order valence-corrected chi connectivity index (χ2v) is 8.04. The molecule has 3 aromatic carbocycles. The van der Waals surface area contributed by atoms with Crippen LogP contribution in [0, 0.1) is 0 Å². The van der Waals surface area contributed by atoms with Gasteiger partial charge in [-0.05, 0) is 60.9 Å². The molecule has 0 saturated carbocycles. The van der Waals surface area contributed by atoms with Gasteiger partial charge in [0.15, 0.2) is 11.9 Å². The number of benzene rings is 3. The third-order valence-electron chi connectivity index (χ3n) is 5.44. The highest BCUT2D eigenvalue weighted by atomic mass is 35.5. The van der Waals surface area contributed by atoms with Crippen molar-refractivity contribution in [3.05, 3.63) is 93.6 Å². The Morgan fingerprint density at radius 1 is 1.00 bits per heavy atom. The van der Waals surface area contributed by atoms with Crippen LogP contribution in [0.2, 0.25) is 5.02 Å². The largest absolute Gasteiger partial charge is 0.473 e. The molecule has 1 amide bonds. The number of carbonyl (C=O) groups is 1. The zero-order valence-electron chi connectivity index (χ0n) is 18.4. The Morgan fingerprint density at radius 2 is 1.70 bits per heavy atom. The lowest BCUT2D eigenvalue weighted by Crippen LogP contribution is -2.34. The molecule has 168 valence electrons. The molecule has 6 heteroatoms. The van der Waals surface area contributed by atoms with E-state index in [1.165, 1.54) is 0 Å². The summed E-state index contributed by atoms with van der Waals surface area (Å²) >= 11 is 6.04. The van der Waals surface area contributed by atoms with E-state index in [0.29, 0.717) is 28.0 Å². The summed E-state index contributed by atoms with van der Waals surface area (Å²) < 4.78 is 12.2. The number of hydrogen-bond acceptors (Lipinski definition) is 4. The average Bonchev–Trinajstić information content (AvgIpc) is 2.84. The topological polar surface area (TPSA) is 68.5 Å². The number of halogens is 1. The summed E-state index contributed by atoms with van der Waals surface area (Å²) in [7, 11) is 0. The molecule has 0 aliphatic carbocycles. The summed E-state index contributed by atoms with van der Waals surface area (Å²) in [5.74, 6) is -0.0645. The van der Waals surface area contributed by atoms with Gasteiger partial charge in [-0.3, -0.25) is 9.59 Å². The van der Waals surface area contributed by atoms with Gasteiger partial charge in [0.1, 0.15) is 5.58 Å². The van der Waals surface area contributed by atoms with Gasteiger partial charge in [0.25, 0.3) is 5.91 Å². The standard InChI is InChI=1S/C27H24ClNO4/c1-3-17-9-5-7-11-21(17)29-27(31)22(4-2)32-26-24(30)20-10-6-8-12-23(20)33-25(26)18-13-15-19(28)16-14-18/h5-16,22H,3-4H2,1-2H3,(H,29,31). The number of carbonyl (C=O) groups excluding carboxylic acids is 1. The van der Waals surface area contributed by atoms with Gasteiger partial charge in [-0.15, -0.1) is 0 Å². The van der Waals surface area contributed by atoms with Crippen molar-refractivity contribution in [2.75, 3.05) is 5.32 Å². The minimum atomic E-state index is -0.884. The number of fused-ring (bicyclic) bond motifs is 1. The molecule has 0 spiro atoms. The smallest absolute Gasteiger partial charge is 0.265 e. The number of anilines is 1. The molecule has 1 unspecified atom stereocenters. The van der Waals surface area contributed by atoms with Crippen molar-refractivity contribution in [2.45, 2.75) is 32.8 Å². The van der Waals surface area contributed by atoms with E-state index in [4.69, 9.17) is 20.8 Å². The molecule has 1 atom stereocenters. The van der Waals surface area contributed by atoms with Gasteiger partial charge in [-0.25, -0.2) is 0 Å². The summed E-state index contributed by atoms with van der Waals surface area (Å²) in [5, 5.41) is 3.89. The summed E-state index contributed by atoms with van der Waals surface area (Å²) in [5.41, 5.74) is 2.49. The van der Waals surface area contributed by atoms with Crippen molar-refractivity contribution >= 4 is 34.2 Å². The summed E-state index contributed by atoms with van der Waals surface area (Å²) in [6.07, 6.45) is 0.264. The van der Waals surface area contributed by atoms with E-state index in [1.54, 1.807) is 48.5 Å². The molecule has 1 heterocycles. The molecule has 4 aromatic rings. The number of para-hydroxylation sites is 2. The number of nitrogens with one attached hydrogen (secondary N) is 1. The van der Waals surface area contributed by atoms with Gasteiger partial charge in [0.05, 0.1) is 5.39 Å². The number of aryl methyl sites for hydroxylation is 1. The minimum Gasteiger partial charge on any atom is -0.473 e. The third-order valence-corrected chi connectivity index (χ3v) is 5.69. The van der Waals surface area contributed by atoms with Crippen LogP contribution < -0.4 is 15.5 Å². The fraction of sp³-hybridized carbons (Fsp3) is 0.185. The van der Waals surface area contributed by atoms with Crippen molar-refractivity contribution in [1.82, 2.24) is 0 Å². The van der Waals surface area contributed by atoms with Gasteiger partial charge in [-0.1, -0.05) is 55.8 Å². The highest BCUT2D eigenvalue weighted by Gasteiger charge is 2.25. The van der Waals surface area contributed by atoms with Crippen LogP contribution in [0.15, 0.2) is 82.0 Å². The third kappa shape index (κ3) is 4.78. The average molecular weight is 462 g/mol. The van der Waals surface area contributed by atoms with E-state index in [9.17, 15) is 9.59 Å². The number of hydrogen-bond donors (Lipinski definition) is 1. The Balaban J connectivity index is 1.75. The minimum absolute atomic E-state index is 0.00167. The van der Waals surface area contributed by atoms with Crippen LogP contribution in [0.1, 0.15) is 25.8 Å². The van der Waals surface area contributed by atoms with Crippen molar-refractivity contribution in [2.24, 2.45) is 0 Å². The van der Waals surface area contributed by atoms with Crippen LogP contribution in [0.25, 0.3) is 22.3 Å². The van der Waals surface area contributed by atoms with Gasteiger partial charge in [0.2, 0.25) is 11.2 Å². The summed E-state index contributed by atoms with van der Waals surface area (Å²) in [6.45, 7) is 3.86. The molecule has 5 nitrogen and oxygen atoms in total. The van der Waals surface area contributed by atoms with Gasteiger partial charge >= 0.3 is 0 Å². The fourth-order valence-electron chi connectivity index (χ4n) is 3.65. The summed E-state index contributed by atoms with van der Waals surface area (Å²) in [6, 6.07) is 21.5. The monoisotopic (exact) mass is 461 g/mol. The lowest BCUT2D eigenvalue weighted by atomic mass is 10.1. The molecule has 0 bridgehead atoms. The van der Waals surface area contributed by atoms with Gasteiger partial charge in [0, 0.05) is 16.3 Å². The van der Waals surface area contributed by atoms with Crippen molar-refractivity contribution < 1.29 is 13.9 Å². The highest BCUT2D eigenvalue weighted by Crippen LogP contribution is 2.32. The van der Waals surface area contributed by atoms with Gasteiger partial charge < -0.3 is 14.5 Å². The molecule has 4 rings (SSSR count). The van der Waals surface area contributed by atoms with Crippen molar-refractivity contribution in [1.29, 1.82) is 0 Å². The second kappa shape index (κ2) is 9.92. The van der Waals surface area contributed by atoms with Crippen LogP contribution in [0.3, 0.4) is 0 Å². The predicted octanol–water partition coefficient (Wildman–Crippen LogP) is 6.47. The predicted molar refractivity (Wildman–Crippen MR) is 132 cm³/mol. The van der Waals surface area contributed by atoms with E-state index < -0.39 is 6.10 Å². The molecule has 0 fully saturated rings. The number of amides is 1. The van der Waals surface area contributed by atoms with E-state index in [1.807, 2.05) is 38.1 Å². The zero-order chi connectivity index (χ0) is 23.4. The van der Waals surface area contributed by atoms with Crippen molar-refractivity contribution in [3.8, 4) is 17.1 Å². The van der Waals surface area contributed by atoms with E-state index in [0.717, 1.165) is 17.7 Å². The Bertz CT molecular complexity index is 1340. The number of rotatable bonds is 7. The first-order valence-electron chi connectivity index (χ1n) is 10.9. The van der Waals surface area contributed by atoms with Crippen LogP contribution in [0.4, 0.5) is 5.69 Å². The van der Waals surface area contributed by atoms with Crippen molar-refractivity contribution in [3.63, 3.8) is 0 Å². The van der Waals surface area contributed by atoms with Crippen LogP contribution in [0.5, 0.6) is 5.75 Å². The molecule has 0 aliphatic heterocycles. The van der Waals surface area contributed by atoms with Gasteiger partial charge in [-0.2, -0.15) is 0 Å². The second-order valence-electron chi connectivity index (χ2n) is 7.61. The molecule has 1 N–H and O–H groups in total. The first-order valence-corrected chi connectivity index (χ1v) is 11.3. The maximum Gasteiger partial charge on any atom is 0.265 e. The lowest BCUT2D eigenvalue weighted by molar-refractivity contribution is -0.122.